The van der Waals surface area contributed by atoms with Crippen LogP contribution in [0.1, 0.15) is 129 Å². The number of aromatic hydroxyl groups is 2. The number of phenolic OH excluding ortho intramolecular Hbond substituents is 2. The normalized spacial score (nSPS) is 14.1. The Morgan fingerprint density at radius 3 is 1.21 bits per heavy atom. The predicted octanol–water partition coefficient (Wildman–Crippen LogP) is 9.25. The van der Waals surface area contributed by atoms with Gasteiger partial charge in [0.15, 0.2) is 0 Å². The third-order valence-corrected chi connectivity index (χ3v) is 10.3. The molecule has 1 atom stereocenters. The summed E-state index contributed by atoms with van der Waals surface area (Å²) in [7, 11) is 0.639. The molecule has 3 nitrogen and oxygen atoms in total. The zero-order valence-electron chi connectivity index (χ0n) is 26.7. The lowest BCUT2D eigenvalue weighted by Crippen LogP contribution is -2.18. The number of phenols is 2. The van der Waals surface area contributed by atoms with Crippen molar-refractivity contribution >= 4 is 20.6 Å². The van der Waals surface area contributed by atoms with Crippen LogP contribution >= 0.6 is 10.8 Å². The highest BCUT2D eigenvalue weighted by atomic mass is 33.1. The van der Waals surface area contributed by atoms with Crippen molar-refractivity contribution in [3.05, 3.63) is 57.6 Å². The van der Waals surface area contributed by atoms with Crippen LogP contribution in [-0.2, 0) is 44.3 Å². The summed E-state index contributed by atoms with van der Waals surface area (Å²) in [6.07, 6.45) is 3.59. The number of aryl methyl sites for hydroxylation is 2. The van der Waals surface area contributed by atoms with E-state index in [1.807, 2.05) is 0 Å². The zero-order chi connectivity index (χ0) is 30.0. The molecule has 2 aromatic carbocycles. The predicted molar refractivity (Wildman–Crippen MR) is 173 cm³/mol. The van der Waals surface area contributed by atoms with Gasteiger partial charge in [-0.25, -0.2) is 4.21 Å². The Morgan fingerprint density at radius 2 is 0.897 bits per heavy atom. The molecule has 39 heavy (non-hydrogen) atoms. The van der Waals surface area contributed by atoms with E-state index >= 15 is 0 Å². The van der Waals surface area contributed by atoms with Crippen molar-refractivity contribution in [3.8, 4) is 11.5 Å². The van der Waals surface area contributed by atoms with Crippen LogP contribution in [0.4, 0.5) is 0 Å². The van der Waals surface area contributed by atoms with Gasteiger partial charge < -0.3 is 10.2 Å². The van der Waals surface area contributed by atoms with Crippen LogP contribution in [0, 0.1) is 0 Å². The molecule has 5 heteroatoms. The molecule has 0 saturated carbocycles. The molecule has 2 N–H and O–H groups in total. The fourth-order valence-corrected chi connectivity index (χ4v) is 7.41. The monoisotopic (exact) mass is 574 g/mol. The van der Waals surface area contributed by atoms with E-state index in [-0.39, 0.29) is 21.7 Å². The third kappa shape index (κ3) is 9.56. The second-order valence-electron chi connectivity index (χ2n) is 15.1. The van der Waals surface area contributed by atoms with Crippen molar-refractivity contribution in [1.29, 1.82) is 0 Å². The molecule has 2 rings (SSSR count). The molecular weight excluding hydrogens is 521 g/mol. The van der Waals surface area contributed by atoms with Crippen LogP contribution in [0.25, 0.3) is 0 Å². The van der Waals surface area contributed by atoms with Gasteiger partial charge >= 0.3 is 0 Å². The summed E-state index contributed by atoms with van der Waals surface area (Å²) in [6.45, 7) is 25.7. The summed E-state index contributed by atoms with van der Waals surface area (Å²) in [5.41, 5.74) is 5.88. The highest BCUT2D eigenvalue weighted by Gasteiger charge is 2.27. The third-order valence-electron chi connectivity index (χ3n) is 7.17. The van der Waals surface area contributed by atoms with Crippen LogP contribution in [0.3, 0.4) is 0 Å². The molecule has 0 aliphatic rings. The smallest absolute Gasteiger partial charge is 0.123 e. The van der Waals surface area contributed by atoms with Gasteiger partial charge in [0, 0.05) is 11.5 Å². The summed E-state index contributed by atoms with van der Waals surface area (Å²) in [5, 5.41) is 21.9. The maximum absolute atomic E-state index is 12.8. The summed E-state index contributed by atoms with van der Waals surface area (Å²) >= 11 is 0. The number of rotatable bonds is 9. The molecular formula is C34H54O3S2. The lowest BCUT2D eigenvalue weighted by molar-refractivity contribution is 0.421. The molecule has 0 heterocycles. The van der Waals surface area contributed by atoms with Crippen molar-refractivity contribution in [3.63, 3.8) is 0 Å². The Bertz CT molecular complexity index is 1080. The molecule has 0 spiro atoms. The quantitative estimate of drug-likeness (QED) is 0.231. The van der Waals surface area contributed by atoms with E-state index in [0.717, 1.165) is 53.7 Å². The Hall–Kier alpha value is -1.46. The molecule has 0 fully saturated rings. The summed E-state index contributed by atoms with van der Waals surface area (Å²) < 4.78 is 12.8. The maximum Gasteiger partial charge on any atom is 0.123 e. The van der Waals surface area contributed by atoms with Gasteiger partial charge in [-0.05, 0) is 80.7 Å². The Morgan fingerprint density at radius 1 is 0.590 bits per heavy atom. The zero-order valence-corrected chi connectivity index (χ0v) is 28.3. The number of benzene rings is 2. The van der Waals surface area contributed by atoms with Gasteiger partial charge in [-0.3, -0.25) is 0 Å². The summed E-state index contributed by atoms with van der Waals surface area (Å²) in [6, 6.07) is 8.58. The fraction of sp³-hybridized carbons (Fsp3) is 0.647. The minimum atomic E-state index is -0.914. The van der Waals surface area contributed by atoms with E-state index in [1.165, 1.54) is 11.1 Å². The Balaban J connectivity index is 1.97. The number of hydrogen-bond donors (Lipinski definition) is 2. The largest absolute Gasteiger partial charge is 0.507 e. The van der Waals surface area contributed by atoms with Crippen LogP contribution in [0.2, 0.25) is 0 Å². The molecule has 0 saturated heterocycles. The van der Waals surface area contributed by atoms with Gasteiger partial charge in [-0.1, -0.05) is 118 Å². The van der Waals surface area contributed by atoms with Crippen LogP contribution in [0.5, 0.6) is 11.5 Å². The van der Waals surface area contributed by atoms with E-state index < -0.39 is 9.83 Å². The van der Waals surface area contributed by atoms with Crippen molar-refractivity contribution < 1.29 is 14.4 Å². The first-order valence-corrected chi connectivity index (χ1v) is 17.2. The van der Waals surface area contributed by atoms with E-state index in [4.69, 9.17) is 0 Å². The van der Waals surface area contributed by atoms with Gasteiger partial charge in [-0.2, -0.15) is 0 Å². The first kappa shape index (κ1) is 33.7. The van der Waals surface area contributed by atoms with Crippen molar-refractivity contribution in [2.75, 3.05) is 11.5 Å². The van der Waals surface area contributed by atoms with Gasteiger partial charge in [0.05, 0.1) is 9.83 Å². The molecule has 0 aliphatic carbocycles. The molecule has 0 bridgehead atoms. The molecule has 0 radical (unpaired) electrons. The van der Waals surface area contributed by atoms with Crippen LogP contribution in [-0.4, -0.2) is 25.9 Å². The van der Waals surface area contributed by atoms with Gasteiger partial charge in [0.1, 0.15) is 11.5 Å². The fourth-order valence-electron chi connectivity index (χ4n) is 4.85. The molecule has 1 unspecified atom stereocenters. The molecule has 0 aliphatic heterocycles. The second kappa shape index (κ2) is 12.6. The first-order chi connectivity index (χ1) is 17.6. The summed E-state index contributed by atoms with van der Waals surface area (Å²) in [4.78, 5) is 0. The second-order valence-corrected chi connectivity index (χ2v) is 18.6. The minimum absolute atomic E-state index is 0.130. The topological polar surface area (TPSA) is 57.5 Å². The molecule has 220 valence electrons. The van der Waals surface area contributed by atoms with Gasteiger partial charge in [0.2, 0.25) is 0 Å². The standard InChI is InChI=1S/C34H54O3S2/c1-31(2,3)25-19-23(20-26(29(25)35)32(4,5)6)15-13-17-38-39(37)18-14-16-24-21-27(33(7,8)9)30(36)28(22-24)34(10,11)12/h19-22,35-36H,13-18H2,1-12H3. The summed E-state index contributed by atoms with van der Waals surface area (Å²) in [5.74, 6) is 2.36. The molecule has 0 aromatic heterocycles. The van der Waals surface area contributed by atoms with Crippen molar-refractivity contribution in [2.45, 2.75) is 130 Å². The van der Waals surface area contributed by atoms with E-state index in [0.29, 0.717) is 17.3 Å². The number of hydrogen-bond acceptors (Lipinski definition) is 4. The van der Waals surface area contributed by atoms with Gasteiger partial charge in [-0.15, -0.1) is 0 Å². The maximum atomic E-state index is 12.8. The highest BCUT2D eigenvalue weighted by Crippen LogP contribution is 2.41. The van der Waals surface area contributed by atoms with Crippen LogP contribution < -0.4 is 0 Å². The lowest BCUT2D eigenvalue weighted by atomic mass is 9.78. The van der Waals surface area contributed by atoms with E-state index in [1.54, 1.807) is 10.8 Å². The highest BCUT2D eigenvalue weighted by molar-refractivity contribution is 8.69. The van der Waals surface area contributed by atoms with E-state index in [2.05, 4.69) is 107 Å². The first-order valence-electron chi connectivity index (χ1n) is 14.4. The van der Waals surface area contributed by atoms with Crippen molar-refractivity contribution in [1.82, 2.24) is 0 Å². The molecule has 2 aromatic rings. The average molecular weight is 575 g/mol. The SMILES string of the molecule is CC(C)(C)c1cc(CCCSS(=O)CCCc2cc(C(C)(C)C)c(O)c(C(C)(C)C)c2)cc(C(C)(C)C)c1O. The van der Waals surface area contributed by atoms with E-state index in [9.17, 15) is 14.4 Å². The average Bonchev–Trinajstić information content (AvgIpc) is 2.75. The Labute approximate surface area is 245 Å². The Kier molecular flexibility index (Phi) is 10.9. The minimum Gasteiger partial charge on any atom is -0.507 e. The van der Waals surface area contributed by atoms with Crippen LogP contribution in [0.15, 0.2) is 24.3 Å². The van der Waals surface area contributed by atoms with Crippen molar-refractivity contribution in [2.24, 2.45) is 0 Å². The van der Waals surface area contributed by atoms with Gasteiger partial charge in [0.25, 0.3) is 0 Å². The lowest BCUT2D eigenvalue weighted by Gasteiger charge is -2.28. The molecule has 0 amide bonds.